The first-order valence-corrected chi connectivity index (χ1v) is 6.01. The normalized spacial score (nSPS) is 15.1. The highest BCUT2D eigenvalue weighted by molar-refractivity contribution is 6.30. The molecule has 1 rings (SSSR count). The van der Waals surface area contributed by atoms with Gasteiger partial charge in [-0.3, -0.25) is 0 Å². The van der Waals surface area contributed by atoms with Gasteiger partial charge in [0.25, 0.3) is 0 Å². The van der Waals surface area contributed by atoms with Crippen LogP contribution in [-0.2, 0) is 4.74 Å². The van der Waals surface area contributed by atoms with E-state index in [2.05, 4.69) is 13.8 Å². The highest BCUT2D eigenvalue weighted by Gasteiger charge is 2.17. The van der Waals surface area contributed by atoms with Gasteiger partial charge in [-0.2, -0.15) is 0 Å². The highest BCUT2D eigenvalue weighted by Crippen LogP contribution is 2.22. The minimum absolute atomic E-state index is 0.0278. The molecule has 0 bridgehead atoms. The van der Waals surface area contributed by atoms with Gasteiger partial charge in [0.05, 0.1) is 6.10 Å². The summed E-state index contributed by atoms with van der Waals surface area (Å²) in [5.74, 6) is 0.508. The summed E-state index contributed by atoms with van der Waals surface area (Å²) in [5, 5.41) is 0.732. The van der Waals surface area contributed by atoms with Crippen molar-refractivity contribution in [1.82, 2.24) is 0 Å². The number of benzene rings is 1. The first-order chi connectivity index (χ1) is 7.50. The SMILES string of the molecule is CC(C)COC(c1ccc(Cl)cc1)C(C)N. The van der Waals surface area contributed by atoms with Crippen LogP contribution < -0.4 is 5.73 Å². The molecule has 2 atom stereocenters. The molecule has 0 aliphatic carbocycles. The number of ether oxygens (including phenoxy) is 1. The van der Waals surface area contributed by atoms with Crippen molar-refractivity contribution in [3.05, 3.63) is 34.9 Å². The van der Waals surface area contributed by atoms with Gasteiger partial charge in [-0.1, -0.05) is 37.6 Å². The lowest BCUT2D eigenvalue weighted by Crippen LogP contribution is -2.28. The van der Waals surface area contributed by atoms with E-state index in [4.69, 9.17) is 22.1 Å². The summed E-state index contributed by atoms with van der Waals surface area (Å²) in [5.41, 5.74) is 7.02. The van der Waals surface area contributed by atoms with E-state index >= 15 is 0 Å². The van der Waals surface area contributed by atoms with Crippen LogP contribution in [0.2, 0.25) is 5.02 Å². The Morgan fingerprint density at radius 2 is 1.75 bits per heavy atom. The Hall–Kier alpha value is -0.570. The third-order valence-corrected chi connectivity index (χ3v) is 2.54. The van der Waals surface area contributed by atoms with Gasteiger partial charge in [0.1, 0.15) is 0 Å². The van der Waals surface area contributed by atoms with E-state index in [1.165, 1.54) is 0 Å². The van der Waals surface area contributed by atoms with E-state index in [0.29, 0.717) is 5.92 Å². The van der Waals surface area contributed by atoms with Crippen LogP contribution in [0.3, 0.4) is 0 Å². The predicted octanol–water partition coefficient (Wildman–Crippen LogP) is 3.40. The molecule has 0 amide bonds. The van der Waals surface area contributed by atoms with Gasteiger partial charge in [0.2, 0.25) is 0 Å². The first-order valence-electron chi connectivity index (χ1n) is 5.63. The lowest BCUT2D eigenvalue weighted by molar-refractivity contribution is 0.0221. The van der Waals surface area contributed by atoms with Crippen LogP contribution in [0.1, 0.15) is 32.4 Å². The maximum absolute atomic E-state index is 5.93. The molecule has 16 heavy (non-hydrogen) atoms. The standard InChI is InChI=1S/C13H20ClNO/c1-9(2)8-16-13(10(3)15)11-4-6-12(14)7-5-11/h4-7,9-10,13H,8,15H2,1-3H3. The monoisotopic (exact) mass is 241 g/mol. The van der Waals surface area contributed by atoms with Crippen LogP contribution in [-0.4, -0.2) is 12.6 Å². The van der Waals surface area contributed by atoms with Gasteiger partial charge >= 0.3 is 0 Å². The van der Waals surface area contributed by atoms with Crippen LogP contribution in [0.4, 0.5) is 0 Å². The number of rotatable bonds is 5. The second-order valence-corrected chi connectivity index (χ2v) is 4.99. The second-order valence-electron chi connectivity index (χ2n) is 4.56. The van der Waals surface area contributed by atoms with Gasteiger partial charge in [-0.25, -0.2) is 0 Å². The summed E-state index contributed by atoms with van der Waals surface area (Å²) >= 11 is 5.85. The lowest BCUT2D eigenvalue weighted by atomic mass is 10.0. The molecule has 0 aromatic heterocycles. The number of hydrogen-bond acceptors (Lipinski definition) is 2. The van der Waals surface area contributed by atoms with Crippen molar-refractivity contribution in [3.63, 3.8) is 0 Å². The molecule has 0 fully saturated rings. The number of nitrogens with two attached hydrogens (primary N) is 1. The molecule has 2 N–H and O–H groups in total. The fourth-order valence-electron chi connectivity index (χ4n) is 1.50. The van der Waals surface area contributed by atoms with Crippen molar-refractivity contribution in [2.24, 2.45) is 11.7 Å². The average molecular weight is 242 g/mol. The fraction of sp³-hybridized carbons (Fsp3) is 0.538. The average Bonchev–Trinajstić information content (AvgIpc) is 2.20. The molecule has 0 saturated carbocycles. The Labute approximate surface area is 103 Å². The lowest BCUT2D eigenvalue weighted by Gasteiger charge is -2.23. The van der Waals surface area contributed by atoms with Crippen LogP contribution in [0, 0.1) is 5.92 Å². The Balaban J connectivity index is 2.73. The largest absolute Gasteiger partial charge is 0.372 e. The molecule has 1 aromatic rings. The molecule has 90 valence electrons. The summed E-state index contributed by atoms with van der Waals surface area (Å²) in [4.78, 5) is 0. The van der Waals surface area contributed by atoms with Gasteiger partial charge in [0.15, 0.2) is 0 Å². The van der Waals surface area contributed by atoms with Crippen molar-refractivity contribution in [2.75, 3.05) is 6.61 Å². The molecular weight excluding hydrogens is 222 g/mol. The zero-order valence-electron chi connectivity index (χ0n) is 10.1. The third-order valence-electron chi connectivity index (χ3n) is 2.29. The van der Waals surface area contributed by atoms with E-state index in [9.17, 15) is 0 Å². The topological polar surface area (TPSA) is 35.2 Å². The Kier molecular flexibility index (Phi) is 5.26. The van der Waals surface area contributed by atoms with Gasteiger partial charge in [0, 0.05) is 17.7 Å². The smallest absolute Gasteiger partial charge is 0.0973 e. The van der Waals surface area contributed by atoms with Crippen molar-refractivity contribution in [2.45, 2.75) is 32.9 Å². The molecule has 0 saturated heterocycles. The maximum Gasteiger partial charge on any atom is 0.0973 e. The Morgan fingerprint density at radius 3 is 2.19 bits per heavy atom. The Bertz CT molecular complexity index is 308. The molecular formula is C13H20ClNO. The summed E-state index contributed by atoms with van der Waals surface area (Å²) in [6.45, 7) is 6.93. The number of hydrogen-bond donors (Lipinski definition) is 1. The third kappa shape index (κ3) is 4.12. The molecule has 1 aromatic carbocycles. The maximum atomic E-state index is 5.93. The van der Waals surface area contributed by atoms with E-state index in [1.54, 1.807) is 0 Å². The zero-order valence-corrected chi connectivity index (χ0v) is 10.9. The van der Waals surface area contributed by atoms with Crippen LogP contribution in [0.5, 0.6) is 0 Å². The van der Waals surface area contributed by atoms with Crippen molar-refractivity contribution in [1.29, 1.82) is 0 Å². The van der Waals surface area contributed by atoms with Crippen molar-refractivity contribution >= 4 is 11.6 Å². The molecule has 2 nitrogen and oxygen atoms in total. The van der Waals surface area contributed by atoms with Gasteiger partial charge in [-0.15, -0.1) is 0 Å². The van der Waals surface area contributed by atoms with Crippen molar-refractivity contribution < 1.29 is 4.74 Å². The fourth-order valence-corrected chi connectivity index (χ4v) is 1.63. The second kappa shape index (κ2) is 6.24. The first kappa shape index (κ1) is 13.5. The highest BCUT2D eigenvalue weighted by atomic mass is 35.5. The van der Waals surface area contributed by atoms with Gasteiger partial charge < -0.3 is 10.5 Å². The minimum Gasteiger partial charge on any atom is -0.372 e. The molecule has 0 heterocycles. The molecule has 3 heteroatoms. The predicted molar refractivity (Wildman–Crippen MR) is 68.6 cm³/mol. The summed E-state index contributed by atoms with van der Waals surface area (Å²) in [6, 6.07) is 7.64. The van der Waals surface area contributed by atoms with Crippen molar-refractivity contribution in [3.8, 4) is 0 Å². The summed E-state index contributed by atoms with van der Waals surface area (Å²) in [6.07, 6.45) is -0.0559. The van der Waals surface area contributed by atoms with Gasteiger partial charge in [-0.05, 0) is 30.5 Å². The van der Waals surface area contributed by atoms with Crippen LogP contribution >= 0.6 is 11.6 Å². The number of halogens is 1. The Morgan fingerprint density at radius 1 is 1.19 bits per heavy atom. The minimum atomic E-state index is -0.0559. The summed E-state index contributed by atoms with van der Waals surface area (Å²) in [7, 11) is 0. The summed E-state index contributed by atoms with van der Waals surface area (Å²) < 4.78 is 5.82. The van der Waals surface area contributed by atoms with E-state index in [-0.39, 0.29) is 12.1 Å². The molecule has 0 aliphatic rings. The van der Waals surface area contributed by atoms with E-state index in [0.717, 1.165) is 17.2 Å². The molecule has 0 spiro atoms. The van der Waals surface area contributed by atoms with E-state index in [1.807, 2.05) is 31.2 Å². The van der Waals surface area contributed by atoms with E-state index < -0.39 is 0 Å². The molecule has 0 aliphatic heterocycles. The van der Waals surface area contributed by atoms with Crippen LogP contribution in [0.25, 0.3) is 0 Å². The molecule has 2 unspecified atom stereocenters. The van der Waals surface area contributed by atoms with Crippen LogP contribution in [0.15, 0.2) is 24.3 Å². The quantitative estimate of drug-likeness (QED) is 0.858. The molecule has 0 radical (unpaired) electrons. The zero-order chi connectivity index (χ0) is 12.1.